The smallest absolute Gasteiger partial charge is 0.407 e. The molecule has 7 nitrogen and oxygen atoms in total. The van der Waals surface area contributed by atoms with Gasteiger partial charge in [0.05, 0.1) is 19.8 Å². The molecule has 120 valence electrons. The Morgan fingerprint density at radius 1 is 1.10 bits per heavy atom. The van der Waals surface area contributed by atoms with Crippen LogP contribution in [0.15, 0.2) is 0 Å². The summed E-state index contributed by atoms with van der Waals surface area (Å²) in [4.78, 5) is 11.3. The molecule has 0 radical (unpaired) electrons. The maximum absolute atomic E-state index is 11.3. The standard InChI is InChI=1S/C13H27NO6/c1-6-18-13(5,16)19-10-9-17-8-7-14-11(15)20-12(2,3)4/h16H,6-10H2,1-5H3,(H,14,15). The Morgan fingerprint density at radius 2 is 1.75 bits per heavy atom. The normalized spacial score (nSPS) is 14.7. The molecule has 0 aliphatic rings. The highest BCUT2D eigenvalue weighted by molar-refractivity contribution is 5.67. The van der Waals surface area contributed by atoms with Crippen LogP contribution >= 0.6 is 0 Å². The van der Waals surface area contributed by atoms with E-state index >= 15 is 0 Å². The van der Waals surface area contributed by atoms with Crippen LogP contribution in [0.2, 0.25) is 0 Å². The molecule has 0 aromatic heterocycles. The Hall–Kier alpha value is -0.890. The van der Waals surface area contributed by atoms with E-state index in [1.807, 2.05) is 0 Å². The van der Waals surface area contributed by atoms with E-state index in [2.05, 4.69) is 5.32 Å². The minimum absolute atomic E-state index is 0.194. The van der Waals surface area contributed by atoms with Crippen molar-refractivity contribution in [2.75, 3.05) is 33.0 Å². The number of hydrogen-bond donors (Lipinski definition) is 2. The monoisotopic (exact) mass is 293 g/mol. The van der Waals surface area contributed by atoms with Gasteiger partial charge in [0.1, 0.15) is 5.60 Å². The predicted molar refractivity (Wildman–Crippen MR) is 73.3 cm³/mol. The minimum Gasteiger partial charge on any atom is -0.444 e. The summed E-state index contributed by atoms with van der Waals surface area (Å²) in [6, 6.07) is 0. The molecule has 2 N–H and O–H groups in total. The van der Waals surface area contributed by atoms with Gasteiger partial charge in [-0.2, -0.15) is 0 Å². The van der Waals surface area contributed by atoms with Gasteiger partial charge in [-0.3, -0.25) is 0 Å². The summed E-state index contributed by atoms with van der Waals surface area (Å²) in [6.45, 7) is 10.1. The van der Waals surface area contributed by atoms with Crippen molar-refractivity contribution in [2.24, 2.45) is 0 Å². The third-order valence-electron chi connectivity index (χ3n) is 1.92. The van der Waals surface area contributed by atoms with Crippen molar-refractivity contribution in [3.05, 3.63) is 0 Å². The summed E-state index contributed by atoms with van der Waals surface area (Å²) in [5.74, 6) is -1.59. The molecule has 0 spiro atoms. The number of aliphatic hydroxyl groups is 1. The van der Waals surface area contributed by atoms with Crippen LogP contribution in [-0.2, 0) is 18.9 Å². The topological polar surface area (TPSA) is 86.3 Å². The molecule has 1 amide bonds. The highest BCUT2D eigenvalue weighted by Crippen LogP contribution is 2.07. The molecule has 0 aromatic carbocycles. The fourth-order valence-corrected chi connectivity index (χ4v) is 1.24. The Balaban J connectivity index is 3.48. The molecule has 0 saturated carbocycles. The number of alkyl carbamates (subject to hydrolysis) is 1. The number of carbonyl (C=O) groups excluding carboxylic acids is 1. The van der Waals surface area contributed by atoms with Gasteiger partial charge in [0.15, 0.2) is 0 Å². The van der Waals surface area contributed by atoms with Crippen LogP contribution in [0.1, 0.15) is 34.6 Å². The molecule has 7 heteroatoms. The van der Waals surface area contributed by atoms with E-state index in [1.165, 1.54) is 6.92 Å². The van der Waals surface area contributed by atoms with E-state index in [9.17, 15) is 9.90 Å². The lowest BCUT2D eigenvalue weighted by Gasteiger charge is -2.22. The second-order valence-corrected chi connectivity index (χ2v) is 5.22. The summed E-state index contributed by atoms with van der Waals surface area (Å²) in [5.41, 5.74) is -0.510. The molecule has 1 unspecified atom stereocenters. The molecule has 0 heterocycles. The fraction of sp³-hybridized carbons (Fsp3) is 0.923. The van der Waals surface area contributed by atoms with Gasteiger partial charge in [0.25, 0.3) is 5.97 Å². The summed E-state index contributed by atoms with van der Waals surface area (Å²) >= 11 is 0. The first-order valence-electron chi connectivity index (χ1n) is 6.71. The van der Waals surface area contributed by atoms with E-state index in [0.29, 0.717) is 26.4 Å². The summed E-state index contributed by atoms with van der Waals surface area (Å²) in [6.07, 6.45) is -0.475. The lowest BCUT2D eigenvalue weighted by molar-refractivity contribution is -0.349. The zero-order chi connectivity index (χ0) is 15.6. The van der Waals surface area contributed by atoms with Crippen molar-refractivity contribution in [2.45, 2.75) is 46.2 Å². The zero-order valence-electron chi connectivity index (χ0n) is 13.0. The second kappa shape index (κ2) is 9.12. The molecule has 20 heavy (non-hydrogen) atoms. The van der Waals surface area contributed by atoms with Crippen molar-refractivity contribution in [3.8, 4) is 0 Å². The van der Waals surface area contributed by atoms with Crippen LogP contribution in [0.25, 0.3) is 0 Å². The van der Waals surface area contributed by atoms with Crippen LogP contribution in [0.3, 0.4) is 0 Å². The highest BCUT2D eigenvalue weighted by Gasteiger charge is 2.20. The number of ether oxygens (including phenoxy) is 4. The average Bonchev–Trinajstić information content (AvgIpc) is 2.25. The lowest BCUT2D eigenvalue weighted by atomic mass is 10.2. The second-order valence-electron chi connectivity index (χ2n) is 5.22. The Labute approximate surface area is 120 Å². The highest BCUT2D eigenvalue weighted by atomic mass is 16.8. The van der Waals surface area contributed by atoms with Crippen molar-refractivity contribution < 1.29 is 28.8 Å². The lowest BCUT2D eigenvalue weighted by Crippen LogP contribution is -2.35. The van der Waals surface area contributed by atoms with Crippen LogP contribution in [-0.4, -0.2) is 55.7 Å². The van der Waals surface area contributed by atoms with E-state index in [0.717, 1.165) is 0 Å². The van der Waals surface area contributed by atoms with Crippen LogP contribution in [0, 0.1) is 0 Å². The maximum Gasteiger partial charge on any atom is 0.407 e. The van der Waals surface area contributed by atoms with E-state index in [1.54, 1.807) is 27.7 Å². The number of nitrogens with one attached hydrogen (secondary N) is 1. The van der Waals surface area contributed by atoms with E-state index < -0.39 is 17.7 Å². The first-order chi connectivity index (χ1) is 9.16. The number of amides is 1. The van der Waals surface area contributed by atoms with Gasteiger partial charge < -0.3 is 29.4 Å². The van der Waals surface area contributed by atoms with Crippen LogP contribution in [0.4, 0.5) is 4.79 Å². The molecule has 1 atom stereocenters. The van der Waals surface area contributed by atoms with Gasteiger partial charge in [-0.15, -0.1) is 0 Å². The molecular formula is C13H27NO6. The number of rotatable bonds is 9. The van der Waals surface area contributed by atoms with Gasteiger partial charge in [-0.25, -0.2) is 4.79 Å². The number of carbonyl (C=O) groups is 1. The predicted octanol–water partition coefficient (Wildman–Crippen LogP) is 1.25. The van der Waals surface area contributed by atoms with Gasteiger partial charge >= 0.3 is 6.09 Å². The molecule has 0 aliphatic heterocycles. The van der Waals surface area contributed by atoms with Gasteiger partial charge in [-0.05, 0) is 27.7 Å². The molecule has 0 saturated heterocycles. The largest absolute Gasteiger partial charge is 0.444 e. The quantitative estimate of drug-likeness (QED) is 0.491. The first-order valence-corrected chi connectivity index (χ1v) is 6.71. The van der Waals surface area contributed by atoms with Crippen LogP contribution in [0.5, 0.6) is 0 Å². The molecular weight excluding hydrogens is 266 g/mol. The van der Waals surface area contributed by atoms with Gasteiger partial charge in [0.2, 0.25) is 0 Å². The maximum atomic E-state index is 11.3. The Kier molecular flexibility index (Phi) is 8.71. The molecule has 0 rings (SSSR count). The van der Waals surface area contributed by atoms with Crippen molar-refractivity contribution in [3.63, 3.8) is 0 Å². The summed E-state index contributed by atoms with van der Waals surface area (Å²) in [5, 5.41) is 12.1. The van der Waals surface area contributed by atoms with E-state index in [4.69, 9.17) is 18.9 Å². The molecule has 0 aromatic rings. The number of hydrogen-bond acceptors (Lipinski definition) is 6. The van der Waals surface area contributed by atoms with E-state index in [-0.39, 0.29) is 6.61 Å². The minimum atomic E-state index is -1.59. The van der Waals surface area contributed by atoms with Crippen molar-refractivity contribution in [1.29, 1.82) is 0 Å². The summed E-state index contributed by atoms with van der Waals surface area (Å²) in [7, 11) is 0. The van der Waals surface area contributed by atoms with Crippen LogP contribution < -0.4 is 5.32 Å². The zero-order valence-corrected chi connectivity index (χ0v) is 13.0. The third-order valence-corrected chi connectivity index (χ3v) is 1.92. The molecule has 0 bridgehead atoms. The summed E-state index contributed by atoms with van der Waals surface area (Å²) < 4.78 is 20.3. The van der Waals surface area contributed by atoms with Crippen molar-refractivity contribution >= 4 is 6.09 Å². The van der Waals surface area contributed by atoms with Crippen molar-refractivity contribution in [1.82, 2.24) is 5.32 Å². The Morgan fingerprint density at radius 3 is 2.30 bits per heavy atom. The molecule has 0 aliphatic carbocycles. The Bertz CT molecular complexity index is 275. The molecule has 0 fully saturated rings. The SMILES string of the molecule is CCOC(C)(O)OCCOCCNC(=O)OC(C)(C)C. The fourth-order valence-electron chi connectivity index (χ4n) is 1.24. The van der Waals surface area contributed by atoms with Gasteiger partial charge in [-0.1, -0.05) is 0 Å². The first kappa shape index (κ1) is 19.1. The van der Waals surface area contributed by atoms with Gasteiger partial charge in [0, 0.05) is 20.1 Å². The average molecular weight is 293 g/mol. The third kappa shape index (κ3) is 12.2.